The number of para-hydroxylation sites is 2. The lowest BCUT2D eigenvalue weighted by Gasteiger charge is -2.42. The average molecular weight is 499 g/mol. The monoisotopic (exact) mass is 498 g/mol. The average Bonchev–Trinajstić information content (AvgIpc) is 3.16. The first-order chi connectivity index (χ1) is 18.1. The van der Waals surface area contributed by atoms with Crippen molar-refractivity contribution in [1.82, 2.24) is 10.2 Å². The number of hydrogen-bond donors (Lipinski definition) is 2. The van der Waals surface area contributed by atoms with E-state index in [1.807, 2.05) is 72.8 Å². The lowest BCUT2D eigenvalue weighted by molar-refractivity contribution is -0.125. The largest absolute Gasteiger partial charge is 0.496 e. The van der Waals surface area contributed by atoms with Crippen LogP contribution in [0.3, 0.4) is 0 Å². The number of nitrogens with zero attached hydrogens (tertiary/aromatic N) is 1. The SMILES string of the molecule is COc1ccccc1/C=C/CN1CCC2(CC1)c1ccccc1[C@@H](NC(=O)COc1ccccc1)[C@@H]2O. The number of benzene rings is 3. The third-order valence-electron chi connectivity index (χ3n) is 7.69. The molecule has 192 valence electrons. The van der Waals surface area contributed by atoms with E-state index in [-0.39, 0.29) is 17.9 Å². The number of hydrogen-bond acceptors (Lipinski definition) is 5. The molecule has 2 atom stereocenters. The Morgan fingerprint density at radius 2 is 1.73 bits per heavy atom. The number of likely N-dealkylation sites (tertiary alicyclic amines) is 1. The van der Waals surface area contributed by atoms with Crippen LogP contribution in [0.5, 0.6) is 11.5 Å². The van der Waals surface area contributed by atoms with Crippen molar-refractivity contribution in [3.05, 3.63) is 102 Å². The predicted molar refractivity (Wildman–Crippen MR) is 145 cm³/mol. The predicted octanol–water partition coefficient (Wildman–Crippen LogP) is 4.35. The molecule has 6 heteroatoms. The minimum Gasteiger partial charge on any atom is -0.496 e. The first-order valence-corrected chi connectivity index (χ1v) is 12.9. The number of aliphatic hydroxyl groups excluding tert-OH is 1. The molecule has 1 aliphatic carbocycles. The number of aliphatic hydroxyl groups is 1. The molecule has 1 amide bonds. The number of fused-ring (bicyclic) bond motifs is 2. The second kappa shape index (κ2) is 11.2. The molecule has 5 rings (SSSR count). The second-order valence-corrected chi connectivity index (χ2v) is 9.78. The van der Waals surface area contributed by atoms with Gasteiger partial charge in [0.1, 0.15) is 11.5 Å². The molecule has 6 nitrogen and oxygen atoms in total. The highest BCUT2D eigenvalue weighted by molar-refractivity contribution is 5.78. The summed E-state index contributed by atoms with van der Waals surface area (Å²) in [7, 11) is 1.69. The third kappa shape index (κ3) is 5.26. The van der Waals surface area contributed by atoms with Crippen molar-refractivity contribution in [3.8, 4) is 11.5 Å². The molecule has 1 saturated heterocycles. The molecule has 3 aromatic rings. The quantitative estimate of drug-likeness (QED) is 0.483. The molecule has 2 N–H and O–H groups in total. The summed E-state index contributed by atoms with van der Waals surface area (Å²) < 4.78 is 11.1. The van der Waals surface area contributed by atoms with E-state index < -0.39 is 12.1 Å². The van der Waals surface area contributed by atoms with E-state index in [9.17, 15) is 9.90 Å². The molecule has 3 aromatic carbocycles. The molecular weight excluding hydrogens is 464 g/mol. The van der Waals surface area contributed by atoms with Gasteiger partial charge in [0.25, 0.3) is 5.91 Å². The Morgan fingerprint density at radius 3 is 2.51 bits per heavy atom. The number of rotatable bonds is 8. The molecule has 1 heterocycles. The van der Waals surface area contributed by atoms with Crippen molar-refractivity contribution in [2.45, 2.75) is 30.4 Å². The fourth-order valence-electron chi connectivity index (χ4n) is 5.74. The number of nitrogens with one attached hydrogen (secondary N) is 1. The molecule has 1 spiro atoms. The summed E-state index contributed by atoms with van der Waals surface area (Å²) in [5.74, 6) is 1.27. The summed E-state index contributed by atoms with van der Waals surface area (Å²) in [5, 5.41) is 14.6. The van der Waals surface area contributed by atoms with Gasteiger partial charge < -0.3 is 19.9 Å². The standard InChI is InChI=1S/C31H34N2O4/c1-36-27-16-8-5-10-23(27)11-9-19-33-20-17-31(18-21-33)26-15-7-6-14-25(26)29(30(31)35)32-28(34)22-37-24-12-3-2-4-13-24/h2-16,29-30,35H,17-22H2,1H3,(H,32,34)/b11-9+/t29-,30+/m1/s1. The smallest absolute Gasteiger partial charge is 0.258 e. The maximum Gasteiger partial charge on any atom is 0.258 e. The van der Waals surface area contributed by atoms with Crippen LogP contribution in [0, 0.1) is 0 Å². The van der Waals surface area contributed by atoms with Crippen LogP contribution in [0.4, 0.5) is 0 Å². The number of amides is 1. The van der Waals surface area contributed by atoms with E-state index in [1.54, 1.807) is 7.11 Å². The Bertz CT molecular complexity index is 1230. The van der Waals surface area contributed by atoms with Crippen LogP contribution in [0.15, 0.2) is 84.9 Å². The Kier molecular flexibility index (Phi) is 7.58. The van der Waals surface area contributed by atoms with Crippen molar-refractivity contribution in [1.29, 1.82) is 0 Å². The van der Waals surface area contributed by atoms with E-state index in [0.29, 0.717) is 5.75 Å². The topological polar surface area (TPSA) is 71.0 Å². The number of carbonyl (C=O) groups excluding carboxylic acids is 1. The minimum absolute atomic E-state index is 0.0886. The summed E-state index contributed by atoms with van der Waals surface area (Å²) in [4.78, 5) is 15.2. The lowest BCUT2D eigenvalue weighted by Crippen LogP contribution is -2.50. The molecular formula is C31H34N2O4. The zero-order chi connectivity index (χ0) is 25.7. The first kappa shape index (κ1) is 25.1. The highest BCUT2D eigenvalue weighted by Gasteiger charge is 2.52. The Labute approximate surface area is 218 Å². The Morgan fingerprint density at radius 1 is 1.03 bits per heavy atom. The van der Waals surface area contributed by atoms with E-state index in [4.69, 9.17) is 9.47 Å². The Hall–Kier alpha value is -3.61. The van der Waals surface area contributed by atoms with Crippen molar-refractivity contribution in [2.24, 2.45) is 0 Å². The van der Waals surface area contributed by atoms with Gasteiger partial charge in [-0.05, 0) is 55.3 Å². The van der Waals surface area contributed by atoms with Gasteiger partial charge in [-0.1, -0.05) is 72.8 Å². The normalized spacial score (nSPS) is 20.6. The van der Waals surface area contributed by atoms with Crippen LogP contribution in [0.25, 0.3) is 6.08 Å². The van der Waals surface area contributed by atoms with Gasteiger partial charge in [-0.25, -0.2) is 0 Å². The van der Waals surface area contributed by atoms with Gasteiger partial charge in [0, 0.05) is 17.5 Å². The third-order valence-corrected chi connectivity index (χ3v) is 7.69. The van der Waals surface area contributed by atoms with Gasteiger partial charge in [0.05, 0.1) is 19.3 Å². The number of piperidine rings is 1. The van der Waals surface area contributed by atoms with Gasteiger partial charge >= 0.3 is 0 Å². The van der Waals surface area contributed by atoms with Crippen molar-refractivity contribution >= 4 is 12.0 Å². The van der Waals surface area contributed by atoms with Crippen molar-refractivity contribution in [2.75, 3.05) is 33.4 Å². The van der Waals surface area contributed by atoms with E-state index in [2.05, 4.69) is 28.4 Å². The molecule has 1 aliphatic heterocycles. The molecule has 0 aromatic heterocycles. The number of ether oxygens (including phenoxy) is 2. The second-order valence-electron chi connectivity index (χ2n) is 9.78. The number of carbonyl (C=O) groups is 1. The fourth-order valence-corrected chi connectivity index (χ4v) is 5.74. The van der Waals surface area contributed by atoms with Crippen LogP contribution in [-0.2, 0) is 10.2 Å². The summed E-state index contributed by atoms with van der Waals surface area (Å²) in [6.45, 7) is 2.50. The molecule has 0 saturated carbocycles. The van der Waals surface area contributed by atoms with Gasteiger partial charge in [0.2, 0.25) is 0 Å². The van der Waals surface area contributed by atoms with Crippen molar-refractivity contribution < 1.29 is 19.4 Å². The van der Waals surface area contributed by atoms with Gasteiger partial charge in [-0.15, -0.1) is 0 Å². The van der Waals surface area contributed by atoms with E-state index in [1.165, 1.54) is 0 Å². The zero-order valence-electron chi connectivity index (χ0n) is 21.2. The van der Waals surface area contributed by atoms with Crippen LogP contribution in [0.2, 0.25) is 0 Å². The molecule has 37 heavy (non-hydrogen) atoms. The fraction of sp³-hybridized carbons (Fsp3) is 0.323. The highest BCUT2D eigenvalue weighted by atomic mass is 16.5. The van der Waals surface area contributed by atoms with Crippen LogP contribution < -0.4 is 14.8 Å². The van der Waals surface area contributed by atoms with Gasteiger partial charge in [-0.2, -0.15) is 0 Å². The summed E-state index contributed by atoms with van der Waals surface area (Å²) >= 11 is 0. The van der Waals surface area contributed by atoms with Crippen LogP contribution in [-0.4, -0.2) is 55.4 Å². The highest BCUT2D eigenvalue weighted by Crippen LogP contribution is 2.50. The van der Waals surface area contributed by atoms with Gasteiger partial charge in [0.15, 0.2) is 6.61 Å². The maximum atomic E-state index is 12.8. The summed E-state index contributed by atoms with van der Waals surface area (Å²) in [6.07, 6.45) is 5.26. The number of methoxy groups -OCH3 is 1. The summed E-state index contributed by atoms with van der Waals surface area (Å²) in [6, 6.07) is 25.0. The van der Waals surface area contributed by atoms with Crippen molar-refractivity contribution in [3.63, 3.8) is 0 Å². The maximum absolute atomic E-state index is 12.8. The molecule has 2 aliphatic rings. The minimum atomic E-state index is -0.683. The van der Waals surface area contributed by atoms with Crippen LogP contribution in [0.1, 0.15) is 35.6 Å². The molecule has 0 unspecified atom stereocenters. The van der Waals surface area contributed by atoms with Gasteiger partial charge in [-0.3, -0.25) is 9.69 Å². The van der Waals surface area contributed by atoms with E-state index >= 15 is 0 Å². The summed E-state index contributed by atoms with van der Waals surface area (Å²) in [5.41, 5.74) is 2.86. The van der Waals surface area contributed by atoms with E-state index in [0.717, 1.165) is 54.9 Å². The first-order valence-electron chi connectivity index (χ1n) is 12.9. The zero-order valence-corrected chi connectivity index (χ0v) is 21.2. The molecule has 1 fully saturated rings. The lowest BCUT2D eigenvalue weighted by atomic mass is 9.72. The Balaban J connectivity index is 1.22. The molecule has 0 radical (unpaired) electrons. The van der Waals surface area contributed by atoms with Crippen LogP contribution >= 0.6 is 0 Å². The molecule has 0 bridgehead atoms.